The highest BCUT2D eigenvalue weighted by molar-refractivity contribution is 6.23. The van der Waals surface area contributed by atoms with E-state index < -0.39 is 0 Å². The summed E-state index contributed by atoms with van der Waals surface area (Å²) >= 11 is 0. The molecule has 0 amide bonds. The number of carbonyl (C=O) groups excluding carboxylic acids is 2. The summed E-state index contributed by atoms with van der Waals surface area (Å²) in [4.78, 5) is 23.8. The van der Waals surface area contributed by atoms with Crippen molar-refractivity contribution < 1.29 is 19.1 Å². The Labute approximate surface area is 105 Å². The minimum Gasteiger partial charge on any atom is -0.487 e. The third-order valence-corrected chi connectivity index (χ3v) is 2.61. The van der Waals surface area contributed by atoms with Crippen LogP contribution < -0.4 is 0 Å². The van der Waals surface area contributed by atoms with Crippen molar-refractivity contribution in [2.75, 3.05) is 19.8 Å². The lowest BCUT2D eigenvalue weighted by Crippen LogP contribution is -2.19. The van der Waals surface area contributed by atoms with Gasteiger partial charge in [-0.3, -0.25) is 9.59 Å². The first-order chi connectivity index (χ1) is 8.74. The van der Waals surface area contributed by atoms with Gasteiger partial charge in [0, 0.05) is 23.8 Å². The number of hydrogen-bond acceptors (Lipinski definition) is 4. The van der Waals surface area contributed by atoms with E-state index in [0.29, 0.717) is 24.3 Å². The Balaban J connectivity index is 2.11. The van der Waals surface area contributed by atoms with Crippen molar-refractivity contribution in [1.82, 2.24) is 0 Å². The summed E-state index contributed by atoms with van der Waals surface area (Å²) in [5.74, 6) is -0.350. The standard InChI is InChI=1S/C14H14O4/c1-2-17-7-8-18-13-9-12(15)10-5-3-4-6-11(10)14(13)16/h3-6,9H,2,7-8H2,1H3. The molecule has 0 saturated carbocycles. The van der Waals surface area contributed by atoms with E-state index in [2.05, 4.69) is 0 Å². The summed E-state index contributed by atoms with van der Waals surface area (Å²) in [6.45, 7) is 3.14. The van der Waals surface area contributed by atoms with Crippen LogP contribution in [0.2, 0.25) is 0 Å². The molecule has 4 nitrogen and oxygen atoms in total. The lowest BCUT2D eigenvalue weighted by molar-refractivity contribution is 0.0690. The average Bonchev–Trinajstić information content (AvgIpc) is 2.40. The molecule has 0 aromatic heterocycles. The van der Waals surface area contributed by atoms with Gasteiger partial charge in [0.2, 0.25) is 5.78 Å². The molecule has 0 atom stereocenters. The maximum Gasteiger partial charge on any atom is 0.228 e. The molecule has 4 heteroatoms. The van der Waals surface area contributed by atoms with Crippen LogP contribution >= 0.6 is 0 Å². The highest BCUT2D eigenvalue weighted by Gasteiger charge is 2.26. The molecule has 0 saturated heterocycles. The van der Waals surface area contributed by atoms with Gasteiger partial charge in [0.05, 0.1) is 6.61 Å². The second kappa shape index (κ2) is 5.60. The number of fused-ring (bicyclic) bond motifs is 1. The fourth-order valence-electron chi connectivity index (χ4n) is 1.75. The smallest absolute Gasteiger partial charge is 0.228 e. The van der Waals surface area contributed by atoms with Crippen LogP contribution in [0.15, 0.2) is 36.1 Å². The monoisotopic (exact) mass is 246 g/mol. The van der Waals surface area contributed by atoms with E-state index in [-0.39, 0.29) is 23.9 Å². The van der Waals surface area contributed by atoms with Crippen LogP contribution in [0, 0.1) is 0 Å². The van der Waals surface area contributed by atoms with Crippen molar-refractivity contribution >= 4 is 11.6 Å². The molecule has 0 bridgehead atoms. The first-order valence-electron chi connectivity index (χ1n) is 5.84. The highest BCUT2D eigenvalue weighted by atomic mass is 16.5. The average molecular weight is 246 g/mol. The van der Waals surface area contributed by atoms with E-state index in [1.807, 2.05) is 6.92 Å². The molecule has 1 aliphatic carbocycles. The van der Waals surface area contributed by atoms with Crippen LogP contribution in [0.5, 0.6) is 0 Å². The van der Waals surface area contributed by atoms with E-state index in [9.17, 15) is 9.59 Å². The molecular formula is C14H14O4. The number of ether oxygens (including phenoxy) is 2. The molecule has 0 unspecified atom stereocenters. The summed E-state index contributed by atoms with van der Waals surface area (Å²) in [7, 11) is 0. The third kappa shape index (κ3) is 2.49. The molecule has 1 aliphatic rings. The molecule has 1 aromatic rings. The number of benzene rings is 1. The molecule has 0 aliphatic heterocycles. The van der Waals surface area contributed by atoms with E-state index in [1.54, 1.807) is 24.3 Å². The summed E-state index contributed by atoms with van der Waals surface area (Å²) in [5, 5.41) is 0. The number of hydrogen-bond donors (Lipinski definition) is 0. The fourth-order valence-corrected chi connectivity index (χ4v) is 1.75. The first-order valence-corrected chi connectivity index (χ1v) is 5.84. The van der Waals surface area contributed by atoms with Crippen LogP contribution in [0.25, 0.3) is 0 Å². The van der Waals surface area contributed by atoms with Gasteiger partial charge in [-0.1, -0.05) is 24.3 Å². The van der Waals surface area contributed by atoms with Crippen LogP contribution in [0.3, 0.4) is 0 Å². The van der Waals surface area contributed by atoms with Gasteiger partial charge in [-0.15, -0.1) is 0 Å². The molecule has 0 fully saturated rings. The van der Waals surface area contributed by atoms with Crippen LogP contribution in [-0.4, -0.2) is 31.4 Å². The van der Waals surface area contributed by atoms with Gasteiger partial charge in [0.15, 0.2) is 11.5 Å². The maximum atomic E-state index is 12.0. The van der Waals surface area contributed by atoms with Crippen molar-refractivity contribution in [3.63, 3.8) is 0 Å². The number of Topliss-reactive ketones (excluding diaryl/α,β-unsaturated/α-hetero) is 1. The molecular weight excluding hydrogens is 232 g/mol. The van der Waals surface area contributed by atoms with E-state index >= 15 is 0 Å². The van der Waals surface area contributed by atoms with Crippen molar-refractivity contribution in [3.8, 4) is 0 Å². The van der Waals surface area contributed by atoms with Crippen LogP contribution in [-0.2, 0) is 9.47 Å². The van der Waals surface area contributed by atoms with Gasteiger partial charge >= 0.3 is 0 Å². The Bertz CT molecular complexity index is 502. The highest BCUT2D eigenvalue weighted by Crippen LogP contribution is 2.21. The topological polar surface area (TPSA) is 52.6 Å². The molecule has 0 N–H and O–H groups in total. The van der Waals surface area contributed by atoms with Gasteiger partial charge in [-0.2, -0.15) is 0 Å². The lowest BCUT2D eigenvalue weighted by Gasteiger charge is -2.15. The lowest BCUT2D eigenvalue weighted by atomic mass is 9.94. The van der Waals surface area contributed by atoms with Gasteiger partial charge in [0.25, 0.3) is 0 Å². The molecule has 0 heterocycles. The second-order valence-corrected chi connectivity index (χ2v) is 3.79. The molecule has 18 heavy (non-hydrogen) atoms. The third-order valence-electron chi connectivity index (χ3n) is 2.61. The Kier molecular flexibility index (Phi) is 3.89. The van der Waals surface area contributed by atoms with E-state index in [4.69, 9.17) is 9.47 Å². The van der Waals surface area contributed by atoms with Gasteiger partial charge in [0.1, 0.15) is 6.61 Å². The molecule has 2 rings (SSSR count). The number of rotatable bonds is 5. The summed E-state index contributed by atoms with van der Waals surface area (Å²) in [6.07, 6.45) is 1.25. The maximum absolute atomic E-state index is 12.0. The van der Waals surface area contributed by atoms with Gasteiger partial charge in [-0.05, 0) is 6.92 Å². The molecule has 1 aromatic carbocycles. The Hall–Kier alpha value is -1.94. The van der Waals surface area contributed by atoms with E-state index in [1.165, 1.54) is 6.08 Å². The quantitative estimate of drug-likeness (QED) is 0.746. The van der Waals surface area contributed by atoms with Gasteiger partial charge < -0.3 is 9.47 Å². The summed E-state index contributed by atoms with van der Waals surface area (Å²) < 4.78 is 10.4. The predicted octanol–water partition coefficient (Wildman–Crippen LogP) is 2.00. The zero-order valence-corrected chi connectivity index (χ0v) is 10.1. The Morgan fingerprint density at radius 3 is 2.50 bits per heavy atom. The van der Waals surface area contributed by atoms with Crippen molar-refractivity contribution in [1.29, 1.82) is 0 Å². The Morgan fingerprint density at radius 1 is 1.06 bits per heavy atom. The fraction of sp³-hybridized carbons (Fsp3) is 0.286. The zero-order valence-electron chi connectivity index (χ0n) is 10.1. The molecule has 94 valence electrons. The largest absolute Gasteiger partial charge is 0.487 e. The van der Waals surface area contributed by atoms with Crippen molar-refractivity contribution in [2.45, 2.75) is 6.92 Å². The SMILES string of the molecule is CCOCCOC1=CC(=O)c2ccccc2C1=O. The van der Waals surface area contributed by atoms with Crippen molar-refractivity contribution in [2.24, 2.45) is 0 Å². The second-order valence-electron chi connectivity index (χ2n) is 3.79. The minimum absolute atomic E-state index is 0.0957. The van der Waals surface area contributed by atoms with Gasteiger partial charge in [-0.25, -0.2) is 0 Å². The van der Waals surface area contributed by atoms with Crippen LogP contribution in [0.1, 0.15) is 27.6 Å². The normalized spacial score (nSPS) is 14.2. The molecule has 0 spiro atoms. The first kappa shape index (κ1) is 12.5. The minimum atomic E-state index is -0.248. The number of allylic oxidation sites excluding steroid dienone is 2. The Morgan fingerprint density at radius 2 is 1.78 bits per heavy atom. The van der Waals surface area contributed by atoms with Crippen LogP contribution in [0.4, 0.5) is 0 Å². The summed E-state index contributed by atoms with van der Waals surface area (Å²) in [5.41, 5.74) is 0.830. The number of ketones is 2. The summed E-state index contributed by atoms with van der Waals surface area (Å²) in [6, 6.07) is 6.74. The zero-order chi connectivity index (χ0) is 13.0. The van der Waals surface area contributed by atoms with E-state index in [0.717, 1.165) is 0 Å². The number of carbonyl (C=O) groups is 2. The van der Waals surface area contributed by atoms with Crippen molar-refractivity contribution in [3.05, 3.63) is 47.2 Å². The molecule has 0 radical (unpaired) electrons. The predicted molar refractivity (Wildman–Crippen MR) is 65.6 cm³/mol.